The average Bonchev–Trinajstić information content (AvgIpc) is 3.00. The van der Waals surface area contributed by atoms with E-state index in [0.29, 0.717) is 16.9 Å². The molecule has 0 spiro atoms. The number of hydrogen-bond acceptors (Lipinski definition) is 7. The van der Waals surface area contributed by atoms with Crippen LogP contribution in [0.15, 0.2) is 69.6 Å². The summed E-state index contributed by atoms with van der Waals surface area (Å²) in [5.74, 6) is 0.185. The molecule has 122 valence electrons. The van der Waals surface area contributed by atoms with E-state index in [1.54, 1.807) is 24.3 Å². The Bertz CT molecular complexity index is 1110. The van der Waals surface area contributed by atoms with Crippen molar-refractivity contribution in [2.75, 3.05) is 5.73 Å². The molecule has 2 aromatic heterocycles. The summed E-state index contributed by atoms with van der Waals surface area (Å²) >= 11 is 0. The van der Waals surface area contributed by atoms with E-state index in [9.17, 15) is 4.79 Å². The number of H-pyrrole nitrogens is 1. The molecule has 0 aliphatic rings. The highest BCUT2D eigenvalue weighted by Crippen LogP contribution is 2.19. The smallest absolute Gasteiger partial charge is 0.370 e. The van der Waals surface area contributed by atoms with Crippen LogP contribution in [0.2, 0.25) is 0 Å². The maximum absolute atomic E-state index is 12.1. The number of nitrogens with two attached hydrogens (primary N) is 1. The zero-order chi connectivity index (χ0) is 17.2. The van der Waals surface area contributed by atoms with Crippen molar-refractivity contribution in [1.82, 2.24) is 25.0 Å². The van der Waals surface area contributed by atoms with Gasteiger partial charge in [0.1, 0.15) is 0 Å². The molecule has 3 N–H and O–H groups in total. The zero-order valence-corrected chi connectivity index (χ0v) is 12.9. The van der Waals surface area contributed by atoms with Gasteiger partial charge in [-0.05, 0) is 36.4 Å². The van der Waals surface area contributed by atoms with E-state index in [2.05, 4.69) is 30.5 Å². The van der Waals surface area contributed by atoms with Crippen LogP contribution in [0.3, 0.4) is 0 Å². The van der Waals surface area contributed by atoms with E-state index >= 15 is 0 Å². The quantitative estimate of drug-likeness (QED) is 0.557. The second-order valence-corrected chi connectivity index (χ2v) is 5.16. The minimum absolute atomic E-state index is 0.185. The summed E-state index contributed by atoms with van der Waals surface area (Å²) in [5, 5.41) is 18.8. The predicted molar refractivity (Wildman–Crippen MR) is 92.3 cm³/mol. The van der Waals surface area contributed by atoms with Crippen molar-refractivity contribution in [3.63, 3.8) is 0 Å². The second kappa shape index (κ2) is 5.96. The summed E-state index contributed by atoms with van der Waals surface area (Å²) < 4.78 is 1.16. The lowest BCUT2D eigenvalue weighted by atomic mass is 10.3. The molecule has 2 aromatic carbocycles. The van der Waals surface area contributed by atoms with Gasteiger partial charge in [0.2, 0.25) is 0 Å². The first-order chi connectivity index (χ1) is 12.2. The third-order valence-electron chi connectivity index (χ3n) is 3.47. The van der Waals surface area contributed by atoms with E-state index in [4.69, 9.17) is 5.73 Å². The molecule has 0 aliphatic carbocycles. The van der Waals surface area contributed by atoms with Gasteiger partial charge in [-0.1, -0.05) is 18.2 Å². The number of nitrogens with zero attached hydrogens (tertiary/aromatic N) is 6. The van der Waals surface area contributed by atoms with Crippen LogP contribution in [0.25, 0.3) is 16.9 Å². The molecule has 0 amide bonds. The van der Waals surface area contributed by atoms with E-state index in [1.165, 1.54) is 0 Å². The van der Waals surface area contributed by atoms with E-state index < -0.39 is 5.69 Å². The molecule has 0 bridgehead atoms. The molecule has 0 saturated carbocycles. The Hall–Kier alpha value is -3.88. The largest absolute Gasteiger partial charge is 0.380 e. The average molecular weight is 332 g/mol. The van der Waals surface area contributed by atoms with Gasteiger partial charge in [0, 0.05) is 0 Å². The Labute approximate surface area is 140 Å². The molecule has 4 aromatic rings. The van der Waals surface area contributed by atoms with Crippen molar-refractivity contribution in [1.29, 1.82) is 0 Å². The molecule has 0 unspecified atom stereocenters. The van der Waals surface area contributed by atoms with E-state index in [0.717, 1.165) is 10.4 Å². The first-order valence-corrected chi connectivity index (χ1v) is 7.39. The van der Waals surface area contributed by atoms with Gasteiger partial charge in [0.15, 0.2) is 17.0 Å². The van der Waals surface area contributed by atoms with Crippen molar-refractivity contribution in [2.45, 2.75) is 0 Å². The zero-order valence-electron chi connectivity index (χ0n) is 12.9. The minimum Gasteiger partial charge on any atom is -0.380 e. The van der Waals surface area contributed by atoms with Gasteiger partial charge in [0.05, 0.1) is 17.1 Å². The highest BCUT2D eigenvalue weighted by molar-refractivity contribution is 5.80. The van der Waals surface area contributed by atoms with Crippen LogP contribution in [0.1, 0.15) is 0 Å². The number of hydrogen-bond donors (Lipinski definition) is 2. The Morgan fingerprint density at radius 1 is 0.960 bits per heavy atom. The van der Waals surface area contributed by atoms with Gasteiger partial charge in [0.25, 0.3) is 0 Å². The minimum atomic E-state index is -0.533. The predicted octanol–water partition coefficient (Wildman–Crippen LogP) is 2.50. The number of fused-ring (bicyclic) bond motifs is 1. The first kappa shape index (κ1) is 14.7. The molecule has 9 nitrogen and oxygen atoms in total. The van der Waals surface area contributed by atoms with Gasteiger partial charge < -0.3 is 5.73 Å². The van der Waals surface area contributed by atoms with Crippen molar-refractivity contribution in [3.05, 3.63) is 65.1 Å². The molecular weight excluding hydrogens is 320 g/mol. The summed E-state index contributed by atoms with van der Waals surface area (Å²) in [4.78, 5) is 16.0. The number of aromatic amines is 1. The molecule has 9 heteroatoms. The van der Waals surface area contributed by atoms with Crippen molar-refractivity contribution >= 4 is 28.4 Å². The van der Waals surface area contributed by atoms with Crippen LogP contribution < -0.4 is 11.4 Å². The van der Waals surface area contributed by atoms with Crippen LogP contribution in [0.5, 0.6) is 0 Å². The fourth-order valence-corrected chi connectivity index (χ4v) is 2.24. The van der Waals surface area contributed by atoms with Crippen LogP contribution in [0.4, 0.5) is 17.2 Å². The normalized spacial score (nSPS) is 11.4. The van der Waals surface area contributed by atoms with Gasteiger partial charge in [-0.25, -0.2) is 4.79 Å². The molecule has 0 atom stereocenters. The highest BCUT2D eigenvalue weighted by Gasteiger charge is 2.10. The topological polar surface area (TPSA) is 127 Å². The maximum atomic E-state index is 12.1. The number of nitrogen functional groups attached to an aromatic ring is 1. The molecule has 0 aliphatic heterocycles. The number of aromatic nitrogens is 5. The van der Waals surface area contributed by atoms with Crippen molar-refractivity contribution in [2.24, 2.45) is 10.2 Å². The van der Waals surface area contributed by atoms with Crippen LogP contribution in [-0.4, -0.2) is 25.0 Å². The van der Waals surface area contributed by atoms with Crippen LogP contribution >= 0.6 is 0 Å². The molecule has 2 heterocycles. The van der Waals surface area contributed by atoms with Crippen LogP contribution in [-0.2, 0) is 0 Å². The number of anilines is 1. The van der Waals surface area contributed by atoms with Gasteiger partial charge >= 0.3 is 5.69 Å². The van der Waals surface area contributed by atoms with E-state index in [-0.39, 0.29) is 11.5 Å². The lowest BCUT2D eigenvalue weighted by Gasteiger charge is -2.03. The third-order valence-corrected chi connectivity index (χ3v) is 3.47. The first-order valence-electron chi connectivity index (χ1n) is 7.39. The number of benzene rings is 2. The van der Waals surface area contributed by atoms with Gasteiger partial charge in [-0.2, -0.15) is 30.1 Å². The van der Waals surface area contributed by atoms with Crippen molar-refractivity contribution < 1.29 is 0 Å². The standard InChI is InChI=1S/C16H12N8O/c17-14-13-15(22-21-14)18-16(25)24(23-13)12-8-6-11(7-9-12)20-19-10-4-2-1-3-5-10/h1-9H,(H2,17,21)(H,18,22,25). The fraction of sp³-hybridized carbons (Fsp3) is 0. The summed E-state index contributed by atoms with van der Waals surface area (Å²) in [5.41, 5.74) is 7.72. The summed E-state index contributed by atoms with van der Waals surface area (Å²) in [6.45, 7) is 0. The Morgan fingerprint density at radius 3 is 2.36 bits per heavy atom. The Morgan fingerprint density at radius 2 is 1.64 bits per heavy atom. The summed E-state index contributed by atoms with van der Waals surface area (Å²) in [6.07, 6.45) is 0. The molecule has 0 fully saturated rings. The Kier molecular flexibility index (Phi) is 3.51. The van der Waals surface area contributed by atoms with Gasteiger partial charge in [-0.3, -0.25) is 5.10 Å². The second-order valence-electron chi connectivity index (χ2n) is 5.16. The molecular formula is C16H12N8O. The summed E-state index contributed by atoms with van der Waals surface area (Å²) in [6, 6.07) is 16.3. The summed E-state index contributed by atoms with van der Waals surface area (Å²) in [7, 11) is 0. The number of nitrogens with one attached hydrogen (secondary N) is 1. The molecule has 0 saturated heterocycles. The lowest BCUT2D eigenvalue weighted by Crippen LogP contribution is -2.23. The monoisotopic (exact) mass is 332 g/mol. The molecule has 4 rings (SSSR count). The highest BCUT2D eigenvalue weighted by atomic mass is 16.1. The Balaban J connectivity index is 1.66. The van der Waals surface area contributed by atoms with Gasteiger partial charge in [-0.15, -0.1) is 0 Å². The third kappa shape index (κ3) is 2.85. The van der Waals surface area contributed by atoms with Crippen LogP contribution in [0, 0.1) is 0 Å². The fourth-order valence-electron chi connectivity index (χ4n) is 2.24. The lowest BCUT2D eigenvalue weighted by molar-refractivity contribution is 0.791. The number of azo groups is 1. The number of rotatable bonds is 3. The molecule has 25 heavy (non-hydrogen) atoms. The molecule has 0 radical (unpaired) electrons. The van der Waals surface area contributed by atoms with Crippen molar-refractivity contribution in [3.8, 4) is 5.69 Å². The van der Waals surface area contributed by atoms with E-state index in [1.807, 2.05) is 30.3 Å². The SMILES string of the molecule is Nc1n[nH]c2nc(=O)n(-c3ccc(N=Nc4ccccc4)cc3)nc12. The maximum Gasteiger partial charge on any atom is 0.370 e.